The third kappa shape index (κ3) is 3.03. The van der Waals surface area contributed by atoms with Gasteiger partial charge < -0.3 is 19.2 Å². The van der Waals surface area contributed by atoms with Gasteiger partial charge in [-0.1, -0.05) is 17.7 Å². The Balaban J connectivity index is 1.74. The first-order valence-corrected chi connectivity index (χ1v) is 9.55. The molecule has 1 atom stereocenters. The second kappa shape index (κ2) is 7.18. The quantitative estimate of drug-likeness (QED) is 0.679. The van der Waals surface area contributed by atoms with E-state index in [1.807, 2.05) is 6.07 Å². The highest BCUT2D eigenvalue weighted by Gasteiger charge is 2.26. The normalized spacial score (nSPS) is 16.2. The van der Waals surface area contributed by atoms with E-state index >= 15 is 0 Å². The molecule has 27 heavy (non-hydrogen) atoms. The number of ether oxygens (including phenoxy) is 3. The summed E-state index contributed by atoms with van der Waals surface area (Å²) in [5.41, 5.74) is 6.59. The fourth-order valence-corrected chi connectivity index (χ4v) is 4.46. The molecule has 3 aromatic rings. The summed E-state index contributed by atoms with van der Waals surface area (Å²) in [6.45, 7) is 2.16. The SMILES string of the molecule is COc1ccc(CC2CCCc3c2[nH]c2ccc(C)cc32)c(OC)c1OC. The fourth-order valence-electron chi connectivity index (χ4n) is 4.46. The van der Waals surface area contributed by atoms with Gasteiger partial charge in [0, 0.05) is 22.5 Å². The van der Waals surface area contributed by atoms with Crippen LogP contribution in [0.3, 0.4) is 0 Å². The van der Waals surface area contributed by atoms with Crippen LogP contribution in [0.1, 0.15) is 41.1 Å². The minimum absolute atomic E-state index is 0.452. The van der Waals surface area contributed by atoms with E-state index in [1.165, 1.54) is 40.6 Å². The van der Waals surface area contributed by atoms with Gasteiger partial charge in [0.2, 0.25) is 5.75 Å². The van der Waals surface area contributed by atoms with Crippen molar-refractivity contribution in [2.75, 3.05) is 21.3 Å². The highest BCUT2D eigenvalue weighted by atomic mass is 16.5. The molecule has 0 radical (unpaired) electrons. The molecule has 0 amide bonds. The van der Waals surface area contributed by atoms with E-state index in [-0.39, 0.29) is 0 Å². The molecule has 4 nitrogen and oxygen atoms in total. The molecule has 2 aromatic carbocycles. The van der Waals surface area contributed by atoms with Gasteiger partial charge in [-0.05, 0) is 61.9 Å². The van der Waals surface area contributed by atoms with Crippen molar-refractivity contribution in [1.29, 1.82) is 0 Å². The lowest BCUT2D eigenvalue weighted by atomic mass is 9.82. The number of methoxy groups -OCH3 is 3. The van der Waals surface area contributed by atoms with Crippen molar-refractivity contribution < 1.29 is 14.2 Å². The van der Waals surface area contributed by atoms with E-state index < -0.39 is 0 Å². The van der Waals surface area contributed by atoms with Gasteiger partial charge in [0.1, 0.15) is 0 Å². The average Bonchev–Trinajstić information content (AvgIpc) is 3.06. The highest BCUT2D eigenvalue weighted by Crippen LogP contribution is 2.44. The third-order valence-corrected chi connectivity index (χ3v) is 5.73. The molecule has 1 aliphatic carbocycles. The van der Waals surface area contributed by atoms with Crippen LogP contribution in [0.4, 0.5) is 0 Å². The Labute approximate surface area is 160 Å². The minimum Gasteiger partial charge on any atom is -0.493 e. The van der Waals surface area contributed by atoms with Crippen molar-refractivity contribution in [3.8, 4) is 17.2 Å². The Bertz CT molecular complexity index is 973. The van der Waals surface area contributed by atoms with Crippen molar-refractivity contribution in [1.82, 2.24) is 4.98 Å². The molecule has 1 heterocycles. The maximum absolute atomic E-state index is 5.70. The summed E-state index contributed by atoms with van der Waals surface area (Å²) in [4.78, 5) is 3.71. The van der Waals surface area contributed by atoms with Crippen molar-refractivity contribution in [3.05, 3.63) is 52.7 Å². The fraction of sp³-hybridized carbons (Fsp3) is 0.391. The summed E-state index contributed by atoms with van der Waals surface area (Å²) in [7, 11) is 5.00. The number of aryl methyl sites for hydroxylation is 2. The summed E-state index contributed by atoms with van der Waals surface area (Å²) in [5, 5.41) is 1.38. The van der Waals surface area contributed by atoms with Crippen molar-refractivity contribution in [3.63, 3.8) is 0 Å². The average molecular weight is 365 g/mol. The van der Waals surface area contributed by atoms with Crippen LogP contribution in [0.25, 0.3) is 10.9 Å². The van der Waals surface area contributed by atoms with Crippen LogP contribution in [0, 0.1) is 6.92 Å². The molecule has 1 N–H and O–H groups in total. The molecular formula is C23H27NO3. The van der Waals surface area contributed by atoms with Gasteiger partial charge in [-0.15, -0.1) is 0 Å². The highest BCUT2D eigenvalue weighted by molar-refractivity contribution is 5.85. The lowest BCUT2D eigenvalue weighted by Crippen LogP contribution is -2.12. The maximum atomic E-state index is 5.70. The molecule has 0 aliphatic heterocycles. The summed E-state index contributed by atoms with van der Waals surface area (Å²) >= 11 is 0. The maximum Gasteiger partial charge on any atom is 0.203 e. The van der Waals surface area contributed by atoms with Crippen molar-refractivity contribution >= 4 is 10.9 Å². The van der Waals surface area contributed by atoms with Gasteiger partial charge in [0.05, 0.1) is 21.3 Å². The summed E-state index contributed by atoms with van der Waals surface area (Å²) < 4.78 is 16.7. The van der Waals surface area contributed by atoms with Crippen molar-refractivity contribution in [2.45, 2.75) is 38.5 Å². The van der Waals surface area contributed by atoms with E-state index in [1.54, 1.807) is 21.3 Å². The third-order valence-electron chi connectivity index (χ3n) is 5.73. The monoisotopic (exact) mass is 365 g/mol. The Kier molecular flexibility index (Phi) is 4.73. The lowest BCUT2D eigenvalue weighted by Gasteiger charge is -2.24. The molecule has 0 bridgehead atoms. The smallest absolute Gasteiger partial charge is 0.203 e. The Hall–Kier alpha value is -2.62. The standard InChI is InChI=1S/C23H27NO3/c1-14-8-10-19-18(12-14)17-7-5-6-15(21(17)24-19)13-16-9-11-20(25-2)23(27-4)22(16)26-3/h8-12,15,24H,5-7,13H2,1-4H3. The van der Waals surface area contributed by atoms with Gasteiger partial charge in [0.25, 0.3) is 0 Å². The van der Waals surface area contributed by atoms with Gasteiger partial charge in [0.15, 0.2) is 11.5 Å². The predicted molar refractivity (Wildman–Crippen MR) is 109 cm³/mol. The predicted octanol–water partition coefficient (Wildman–Crippen LogP) is 5.16. The molecule has 1 aliphatic rings. The minimum atomic E-state index is 0.452. The zero-order valence-electron chi connectivity index (χ0n) is 16.5. The number of aromatic nitrogens is 1. The topological polar surface area (TPSA) is 43.5 Å². The van der Waals surface area contributed by atoms with Gasteiger partial charge in [-0.25, -0.2) is 0 Å². The number of benzene rings is 2. The number of fused-ring (bicyclic) bond motifs is 3. The number of rotatable bonds is 5. The first-order chi connectivity index (χ1) is 13.2. The second-order valence-electron chi connectivity index (χ2n) is 7.35. The van der Waals surface area contributed by atoms with Crippen LogP contribution in [0.15, 0.2) is 30.3 Å². The second-order valence-corrected chi connectivity index (χ2v) is 7.35. The Morgan fingerprint density at radius 3 is 2.56 bits per heavy atom. The molecular weight excluding hydrogens is 338 g/mol. The van der Waals surface area contributed by atoms with Crippen LogP contribution in [0.5, 0.6) is 17.2 Å². The number of nitrogens with one attached hydrogen (secondary N) is 1. The molecule has 0 spiro atoms. The zero-order valence-corrected chi connectivity index (χ0v) is 16.5. The summed E-state index contributed by atoms with van der Waals surface area (Å²) in [5.74, 6) is 2.59. The van der Waals surface area contributed by atoms with Gasteiger partial charge >= 0.3 is 0 Å². The van der Waals surface area contributed by atoms with E-state index in [4.69, 9.17) is 14.2 Å². The molecule has 1 unspecified atom stereocenters. The number of hydrogen-bond acceptors (Lipinski definition) is 3. The van der Waals surface area contributed by atoms with Gasteiger partial charge in [-0.2, -0.15) is 0 Å². The van der Waals surface area contributed by atoms with Crippen LogP contribution in [0.2, 0.25) is 0 Å². The molecule has 0 fully saturated rings. The summed E-state index contributed by atoms with van der Waals surface area (Å²) in [6, 6.07) is 10.8. The molecule has 4 heteroatoms. The van der Waals surface area contributed by atoms with E-state index in [9.17, 15) is 0 Å². The molecule has 4 rings (SSSR count). The first-order valence-electron chi connectivity index (χ1n) is 9.55. The van der Waals surface area contributed by atoms with Crippen LogP contribution in [-0.2, 0) is 12.8 Å². The Morgan fingerprint density at radius 1 is 1.00 bits per heavy atom. The zero-order chi connectivity index (χ0) is 19.0. The molecule has 0 saturated heterocycles. The van der Waals surface area contributed by atoms with E-state index in [2.05, 4.69) is 36.2 Å². The molecule has 1 aromatic heterocycles. The van der Waals surface area contributed by atoms with E-state index in [0.717, 1.165) is 24.2 Å². The van der Waals surface area contributed by atoms with Crippen LogP contribution < -0.4 is 14.2 Å². The molecule has 0 saturated carbocycles. The molecule has 142 valence electrons. The largest absolute Gasteiger partial charge is 0.493 e. The lowest BCUT2D eigenvalue weighted by molar-refractivity contribution is 0.321. The van der Waals surface area contributed by atoms with Crippen molar-refractivity contribution in [2.24, 2.45) is 0 Å². The first kappa shape index (κ1) is 17.8. The van der Waals surface area contributed by atoms with E-state index in [0.29, 0.717) is 17.4 Å². The summed E-state index contributed by atoms with van der Waals surface area (Å²) in [6.07, 6.45) is 4.46. The van der Waals surface area contributed by atoms with Crippen LogP contribution in [-0.4, -0.2) is 26.3 Å². The number of H-pyrrole nitrogens is 1. The van der Waals surface area contributed by atoms with Gasteiger partial charge in [-0.3, -0.25) is 0 Å². The number of aromatic amines is 1. The van der Waals surface area contributed by atoms with Crippen LogP contribution >= 0.6 is 0 Å². The number of hydrogen-bond donors (Lipinski definition) is 1. The Morgan fingerprint density at radius 2 is 1.81 bits per heavy atom.